The molecule has 0 aliphatic heterocycles. The van der Waals surface area contributed by atoms with Gasteiger partial charge in [-0.15, -0.1) is 23.2 Å². The predicted molar refractivity (Wildman–Crippen MR) is 178 cm³/mol. The van der Waals surface area contributed by atoms with Crippen molar-refractivity contribution in [2.75, 3.05) is 5.34 Å². The molecule has 4 aromatic rings. The van der Waals surface area contributed by atoms with Gasteiger partial charge < -0.3 is 24.8 Å². The van der Waals surface area contributed by atoms with Crippen molar-refractivity contribution in [2.24, 2.45) is 0 Å². The van der Waals surface area contributed by atoms with Crippen LogP contribution >= 0.6 is 39.0 Å². The first-order chi connectivity index (χ1) is 19.3. The minimum Gasteiger partial charge on any atom is -1.00 e. The average Bonchev–Trinajstić information content (AvgIpc) is 3.72. The Labute approximate surface area is 306 Å². The second kappa shape index (κ2) is 24.3. The van der Waals surface area contributed by atoms with Crippen molar-refractivity contribution >= 4 is 60.3 Å². The van der Waals surface area contributed by atoms with E-state index in [1.54, 1.807) is 0 Å². The molecule has 0 saturated carbocycles. The van der Waals surface area contributed by atoms with Crippen molar-refractivity contribution in [2.45, 2.75) is 0 Å². The molecule has 0 atom stereocenters. The Kier molecular flexibility index (Phi) is 23.8. The van der Waals surface area contributed by atoms with Crippen LogP contribution in [0, 0.1) is 12.8 Å². The van der Waals surface area contributed by atoms with Crippen LogP contribution in [-0.2, 0) is 37.5 Å². The van der Waals surface area contributed by atoms with Crippen molar-refractivity contribution in [1.29, 1.82) is 0 Å². The van der Waals surface area contributed by atoms with E-state index in [0.29, 0.717) is 0 Å². The molecule has 228 valence electrons. The van der Waals surface area contributed by atoms with Crippen LogP contribution in [0.15, 0.2) is 168 Å². The number of hydrogen-bond donors (Lipinski definition) is 0. The fraction of sp³-hybridized carbons (Fsp3) is 0.0286. The monoisotopic (exact) mass is 814 g/mol. The van der Waals surface area contributed by atoms with Crippen molar-refractivity contribution < 1.29 is 62.3 Å². The summed E-state index contributed by atoms with van der Waals surface area (Å²) in [6, 6.07) is 43.1. The van der Waals surface area contributed by atoms with E-state index in [4.69, 9.17) is 23.2 Å². The van der Waals surface area contributed by atoms with E-state index in [1.165, 1.54) is 31.8 Å². The second-order valence-corrected chi connectivity index (χ2v) is 13.6. The average molecular weight is 817 g/mol. The summed E-state index contributed by atoms with van der Waals surface area (Å²) in [6.07, 6.45) is 17.4. The standard InChI is InChI=1S/2C17H14P.CH2Cl2.2ClH.Fe.Pd/c2*1-3-9-15(10-4-1)18(17-13-7-8-14-17)16-11-5-2-6-12-16;2-1-3;;;;/h2*1-14H;1H2;2*1H;;/p-2. The second-order valence-electron chi connectivity index (χ2n) is 8.40. The number of hydrogen-bond acceptors (Lipinski definition) is 0. The molecule has 8 heteroatoms. The van der Waals surface area contributed by atoms with Gasteiger partial charge in [-0.3, -0.25) is 0 Å². The quantitative estimate of drug-likeness (QED) is 0.160. The number of rotatable bonds is 6. The van der Waals surface area contributed by atoms with Crippen LogP contribution < -0.4 is 46.0 Å². The molecule has 0 unspecified atom stereocenters. The summed E-state index contributed by atoms with van der Waals surface area (Å²) in [5, 5.41) is 8.66. The zero-order chi connectivity index (χ0) is 27.1. The molecular weight excluding hydrogens is 786 g/mol. The van der Waals surface area contributed by atoms with Gasteiger partial charge in [0.2, 0.25) is 0 Å². The molecule has 2 aliphatic carbocycles. The van der Waals surface area contributed by atoms with Crippen LogP contribution in [0.3, 0.4) is 0 Å². The van der Waals surface area contributed by atoms with E-state index in [0.717, 1.165) is 0 Å². The molecule has 0 N–H and O–H groups in total. The summed E-state index contributed by atoms with van der Waals surface area (Å²) in [7, 11) is -0.818. The maximum Gasteiger partial charge on any atom is 0.0967 e. The van der Waals surface area contributed by atoms with Gasteiger partial charge in [-0.05, 0) is 47.7 Å². The fourth-order valence-electron chi connectivity index (χ4n) is 4.23. The molecule has 0 saturated heterocycles. The Morgan fingerprint density at radius 1 is 0.419 bits per heavy atom. The summed E-state index contributed by atoms with van der Waals surface area (Å²) < 4.78 is 0. The maximum absolute atomic E-state index is 4.76. The molecule has 0 amide bonds. The van der Waals surface area contributed by atoms with Gasteiger partial charge in [-0.25, -0.2) is 0 Å². The van der Waals surface area contributed by atoms with Gasteiger partial charge in [0.05, 0.1) is 5.34 Å². The third kappa shape index (κ3) is 13.1. The van der Waals surface area contributed by atoms with Crippen molar-refractivity contribution in [3.8, 4) is 0 Å². The van der Waals surface area contributed by atoms with E-state index >= 15 is 0 Å². The van der Waals surface area contributed by atoms with E-state index in [2.05, 4.69) is 171 Å². The Morgan fingerprint density at radius 2 is 0.651 bits per heavy atom. The topological polar surface area (TPSA) is 0 Å². The van der Waals surface area contributed by atoms with Crippen LogP contribution in [0.4, 0.5) is 0 Å². The molecule has 0 fully saturated rings. The summed E-state index contributed by atoms with van der Waals surface area (Å²) in [5.41, 5.74) is 0. The molecule has 0 heterocycles. The summed E-state index contributed by atoms with van der Waals surface area (Å²) in [5.74, 6) is 0. The van der Waals surface area contributed by atoms with E-state index < -0.39 is 15.8 Å². The van der Waals surface area contributed by atoms with Gasteiger partial charge >= 0.3 is 0 Å². The first-order valence-corrected chi connectivity index (χ1v) is 16.4. The van der Waals surface area contributed by atoms with Crippen LogP contribution in [-0.4, -0.2) is 5.34 Å². The first-order valence-electron chi connectivity index (χ1n) is 12.7. The number of allylic oxidation sites excluding steroid dienone is 8. The fourth-order valence-corrected chi connectivity index (χ4v) is 8.84. The maximum atomic E-state index is 4.76. The van der Waals surface area contributed by atoms with Crippen LogP contribution in [0.1, 0.15) is 0 Å². The van der Waals surface area contributed by atoms with E-state index in [1.807, 2.05) is 0 Å². The molecule has 0 bridgehead atoms. The van der Waals surface area contributed by atoms with E-state index in [9.17, 15) is 0 Å². The molecule has 2 aliphatic rings. The minimum atomic E-state index is -0.409. The molecule has 4 aromatic carbocycles. The summed E-state index contributed by atoms with van der Waals surface area (Å²) in [4.78, 5) is 0. The normalized spacial score (nSPS) is 12.1. The van der Waals surface area contributed by atoms with E-state index in [-0.39, 0.29) is 67.6 Å². The molecule has 6 rings (SSSR count). The van der Waals surface area contributed by atoms with Crippen molar-refractivity contribution in [1.82, 2.24) is 0 Å². The Hall–Kier alpha value is -0.958. The van der Waals surface area contributed by atoms with Gasteiger partial charge in [-0.1, -0.05) is 158 Å². The molecule has 0 spiro atoms. The summed E-state index contributed by atoms with van der Waals surface area (Å²) >= 11 is 9.53. The smallest absolute Gasteiger partial charge is 0.0967 e. The zero-order valence-corrected chi connectivity index (χ0v) is 30.4. The van der Waals surface area contributed by atoms with Gasteiger partial charge in [-0.2, -0.15) is 0 Å². The molecule has 2 radical (unpaired) electrons. The van der Waals surface area contributed by atoms with Crippen molar-refractivity contribution in [3.05, 3.63) is 181 Å². The first kappa shape index (κ1) is 42.0. The molecule has 0 nitrogen and oxygen atoms in total. The van der Waals surface area contributed by atoms with Crippen LogP contribution in [0.2, 0.25) is 0 Å². The zero-order valence-electron chi connectivity index (χ0n) is 22.9. The Bertz CT molecular complexity index is 1210. The van der Waals surface area contributed by atoms with Gasteiger partial charge in [0.15, 0.2) is 0 Å². The minimum absolute atomic E-state index is 0. The molecular formula is C35H30Cl4FeP2Pd-2. The van der Waals surface area contributed by atoms with Crippen LogP contribution in [0.5, 0.6) is 0 Å². The molecule has 43 heavy (non-hydrogen) atoms. The van der Waals surface area contributed by atoms with Crippen LogP contribution in [0.25, 0.3) is 0 Å². The Morgan fingerprint density at radius 3 is 0.837 bits per heavy atom. The van der Waals surface area contributed by atoms with Crippen molar-refractivity contribution in [3.63, 3.8) is 0 Å². The Balaban J connectivity index is 0.000000693. The number of halogens is 4. The van der Waals surface area contributed by atoms with Gasteiger partial charge in [0.1, 0.15) is 0 Å². The largest absolute Gasteiger partial charge is 1.00 e. The third-order valence-electron chi connectivity index (χ3n) is 5.86. The van der Waals surface area contributed by atoms with Gasteiger partial charge in [0, 0.05) is 50.3 Å². The predicted octanol–water partition coefficient (Wildman–Crippen LogP) is 2.98. The summed E-state index contributed by atoms with van der Waals surface area (Å²) in [6.45, 7) is 0. The van der Waals surface area contributed by atoms with Gasteiger partial charge in [0.25, 0.3) is 0 Å². The molecule has 0 aromatic heterocycles. The number of alkyl halides is 2. The SMILES string of the molecule is ClCCl.[CH]1C=CC=C1P(c1ccccc1)c1ccccc1.[CH]1C=CC=C1P(c1ccccc1)c1ccccc1.[Cl-].[Cl-].[Fe].[Pd]. The third-order valence-corrected chi connectivity index (χ3v) is 10.8. The number of benzene rings is 4.